The molecule has 3 rings (SSSR count). The van der Waals surface area contributed by atoms with Gasteiger partial charge in [-0.1, -0.05) is 24.4 Å². The molecule has 0 saturated carbocycles. The van der Waals surface area contributed by atoms with E-state index >= 15 is 0 Å². The zero-order valence-corrected chi connectivity index (χ0v) is 16.2. The highest BCUT2D eigenvalue weighted by Gasteiger charge is 2.43. The number of carbonyl (C=O) groups is 1. The van der Waals surface area contributed by atoms with Crippen LogP contribution in [0.4, 0.5) is 5.69 Å². The van der Waals surface area contributed by atoms with Crippen LogP contribution >= 0.6 is 11.6 Å². The first-order valence-corrected chi connectivity index (χ1v) is 11.1. The summed E-state index contributed by atoms with van der Waals surface area (Å²) in [5, 5.41) is 10.9. The summed E-state index contributed by atoms with van der Waals surface area (Å²) in [4.78, 5) is 24.9. The third-order valence-corrected chi connectivity index (χ3v) is 7.02. The number of benzene rings is 1. The van der Waals surface area contributed by atoms with Crippen LogP contribution < -0.4 is 0 Å². The number of hydrogen-bond donors (Lipinski definition) is 0. The molecule has 0 amide bonds. The van der Waals surface area contributed by atoms with Crippen LogP contribution in [-0.4, -0.2) is 61.0 Å². The van der Waals surface area contributed by atoms with Crippen molar-refractivity contribution < 1.29 is 22.9 Å². The minimum atomic E-state index is -3.31. The summed E-state index contributed by atoms with van der Waals surface area (Å²) in [6.07, 6.45) is 3.40. The summed E-state index contributed by atoms with van der Waals surface area (Å²) in [5.74, 6) is -1.04. The quantitative estimate of drug-likeness (QED) is 0.421. The van der Waals surface area contributed by atoms with E-state index in [9.17, 15) is 23.3 Å². The summed E-state index contributed by atoms with van der Waals surface area (Å²) in [6, 6.07) is 3.27. The van der Waals surface area contributed by atoms with Crippen molar-refractivity contribution in [1.29, 1.82) is 0 Å². The molecule has 27 heavy (non-hydrogen) atoms. The molecule has 2 saturated heterocycles. The molecule has 2 fully saturated rings. The van der Waals surface area contributed by atoms with Gasteiger partial charge in [-0.05, 0) is 38.1 Å². The first-order valence-electron chi connectivity index (χ1n) is 8.86. The molecule has 2 aliphatic rings. The number of sulfone groups is 1. The van der Waals surface area contributed by atoms with E-state index in [-0.39, 0.29) is 28.1 Å². The van der Waals surface area contributed by atoms with E-state index in [0.717, 1.165) is 44.8 Å². The van der Waals surface area contributed by atoms with Gasteiger partial charge in [0, 0.05) is 6.07 Å². The standard InChI is InChI=1S/C17H21ClN2O6S/c18-13-6-5-12(9-14(13)20(22)23)17(21)26-16-11-27(24,25)10-15(16)19-7-3-1-2-4-8-19/h5-6,9,15-16H,1-4,7-8,10-11H2. The fourth-order valence-electron chi connectivity index (χ4n) is 3.66. The molecular weight excluding hydrogens is 396 g/mol. The Morgan fingerprint density at radius 1 is 1.19 bits per heavy atom. The molecule has 148 valence electrons. The van der Waals surface area contributed by atoms with Crippen molar-refractivity contribution in [1.82, 2.24) is 4.90 Å². The van der Waals surface area contributed by atoms with Gasteiger partial charge in [0.2, 0.25) is 0 Å². The highest BCUT2D eigenvalue weighted by molar-refractivity contribution is 7.91. The Morgan fingerprint density at radius 2 is 1.85 bits per heavy atom. The van der Waals surface area contributed by atoms with Crippen LogP contribution in [0.1, 0.15) is 36.0 Å². The minimum absolute atomic E-state index is 0.0231. The molecule has 2 aliphatic heterocycles. The zero-order chi connectivity index (χ0) is 19.6. The van der Waals surface area contributed by atoms with Gasteiger partial charge in [0.25, 0.3) is 5.69 Å². The Labute approximate surface area is 162 Å². The fraction of sp³-hybridized carbons (Fsp3) is 0.588. The number of rotatable bonds is 4. The van der Waals surface area contributed by atoms with Crippen molar-refractivity contribution in [3.8, 4) is 0 Å². The van der Waals surface area contributed by atoms with E-state index in [1.54, 1.807) is 0 Å². The predicted octanol–water partition coefficient (Wildman–Crippen LogP) is 2.45. The first kappa shape index (κ1) is 20.0. The summed E-state index contributed by atoms with van der Waals surface area (Å²) in [6.45, 7) is 1.56. The summed E-state index contributed by atoms with van der Waals surface area (Å²) in [7, 11) is -3.31. The van der Waals surface area contributed by atoms with Gasteiger partial charge in [-0.2, -0.15) is 0 Å². The number of nitro benzene ring substituents is 1. The van der Waals surface area contributed by atoms with Crippen molar-refractivity contribution in [2.24, 2.45) is 0 Å². The van der Waals surface area contributed by atoms with E-state index in [1.165, 1.54) is 12.1 Å². The van der Waals surface area contributed by atoms with Crippen LogP contribution in [-0.2, 0) is 14.6 Å². The maximum atomic E-state index is 12.5. The van der Waals surface area contributed by atoms with Crippen LogP contribution in [0.5, 0.6) is 0 Å². The van der Waals surface area contributed by atoms with Crippen LogP contribution in [0.2, 0.25) is 5.02 Å². The molecule has 2 heterocycles. The van der Waals surface area contributed by atoms with Gasteiger partial charge in [0.05, 0.1) is 28.0 Å². The van der Waals surface area contributed by atoms with Crippen molar-refractivity contribution in [3.05, 3.63) is 38.9 Å². The molecular formula is C17H21ClN2O6S. The number of likely N-dealkylation sites (tertiary alicyclic amines) is 1. The molecule has 10 heteroatoms. The van der Waals surface area contributed by atoms with Gasteiger partial charge in [-0.3, -0.25) is 15.0 Å². The van der Waals surface area contributed by atoms with E-state index in [1.807, 2.05) is 0 Å². The third kappa shape index (κ3) is 4.77. The van der Waals surface area contributed by atoms with E-state index in [4.69, 9.17) is 16.3 Å². The number of nitrogens with zero attached hydrogens (tertiary/aromatic N) is 2. The Bertz CT molecular complexity index is 836. The SMILES string of the molecule is O=C(OC1CS(=O)(=O)CC1N1CCCCCC1)c1ccc(Cl)c([N+](=O)[O-])c1. The number of esters is 1. The maximum Gasteiger partial charge on any atom is 0.338 e. The molecule has 2 atom stereocenters. The molecule has 0 aromatic heterocycles. The average molecular weight is 417 g/mol. The Kier molecular flexibility index (Phi) is 6.02. The number of halogens is 1. The van der Waals surface area contributed by atoms with Crippen molar-refractivity contribution >= 4 is 33.1 Å². The molecule has 0 radical (unpaired) electrons. The largest absolute Gasteiger partial charge is 0.456 e. The van der Waals surface area contributed by atoms with Gasteiger partial charge in [-0.25, -0.2) is 13.2 Å². The van der Waals surface area contributed by atoms with Crippen LogP contribution in [0.15, 0.2) is 18.2 Å². The van der Waals surface area contributed by atoms with E-state index in [2.05, 4.69) is 4.90 Å². The minimum Gasteiger partial charge on any atom is -0.456 e. The van der Waals surface area contributed by atoms with Crippen molar-refractivity contribution in [3.63, 3.8) is 0 Å². The summed E-state index contributed by atoms with van der Waals surface area (Å²) < 4.78 is 29.8. The lowest BCUT2D eigenvalue weighted by atomic mass is 10.1. The second-order valence-electron chi connectivity index (χ2n) is 6.96. The normalized spacial score (nSPS) is 25.7. The molecule has 0 spiro atoms. The Balaban J connectivity index is 1.78. The van der Waals surface area contributed by atoms with Gasteiger partial charge in [-0.15, -0.1) is 0 Å². The van der Waals surface area contributed by atoms with Gasteiger partial charge in [0.15, 0.2) is 9.84 Å². The number of hydrogen-bond acceptors (Lipinski definition) is 7. The monoisotopic (exact) mass is 416 g/mol. The lowest BCUT2D eigenvalue weighted by Gasteiger charge is -2.30. The van der Waals surface area contributed by atoms with Gasteiger partial charge < -0.3 is 4.74 Å². The first-order chi connectivity index (χ1) is 12.8. The molecule has 1 aromatic carbocycles. The summed E-state index contributed by atoms with van der Waals surface area (Å²) in [5.41, 5.74) is -0.417. The third-order valence-electron chi connectivity index (χ3n) is 5.02. The lowest BCUT2D eigenvalue weighted by molar-refractivity contribution is -0.384. The molecule has 2 unspecified atom stereocenters. The molecule has 8 nitrogen and oxygen atoms in total. The average Bonchev–Trinajstić information content (AvgIpc) is 2.78. The second kappa shape index (κ2) is 8.12. The highest BCUT2D eigenvalue weighted by Crippen LogP contribution is 2.28. The Morgan fingerprint density at radius 3 is 2.48 bits per heavy atom. The number of ether oxygens (including phenoxy) is 1. The molecule has 0 aliphatic carbocycles. The number of nitro groups is 1. The molecule has 1 aromatic rings. The highest BCUT2D eigenvalue weighted by atomic mass is 35.5. The lowest BCUT2D eigenvalue weighted by Crippen LogP contribution is -2.45. The molecule has 0 N–H and O–H groups in total. The Hall–Kier alpha value is -1.71. The predicted molar refractivity (Wildman–Crippen MR) is 99.8 cm³/mol. The van der Waals surface area contributed by atoms with Crippen molar-refractivity contribution in [2.75, 3.05) is 24.6 Å². The van der Waals surface area contributed by atoms with Crippen molar-refractivity contribution in [2.45, 2.75) is 37.8 Å². The summed E-state index contributed by atoms with van der Waals surface area (Å²) >= 11 is 5.76. The second-order valence-corrected chi connectivity index (χ2v) is 9.52. The van der Waals surface area contributed by atoms with E-state index in [0.29, 0.717) is 0 Å². The smallest absolute Gasteiger partial charge is 0.338 e. The van der Waals surface area contributed by atoms with Crippen LogP contribution in [0.3, 0.4) is 0 Å². The van der Waals surface area contributed by atoms with E-state index < -0.39 is 32.5 Å². The number of carbonyl (C=O) groups excluding carboxylic acids is 1. The topological polar surface area (TPSA) is 107 Å². The van der Waals surface area contributed by atoms with Crippen LogP contribution in [0, 0.1) is 10.1 Å². The fourth-order valence-corrected chi connectivity index (χ4v) is 5.72. The van der Waals surface area contributed by atoms with Gasteiger partial charge in [0.1, 0.15) is 11.1 Å². The zero-order valence-electron chi connectivity index (χ0n) is 14.7. The van der Waals surface area contributed by atoms with Gasteiger partial charge >= 0.3 is 5.97 Å². The molecule has 0 bridgehead atoms. The maximum absolute atomic E-state index is 12.5. The van der Waals surface area contributed by atoms with Crippen LogP contribution in [0.25, 0.3) is 0 Å².